The summed E-state index contributed by atoms with van der Waals surface area (Å²) in [7, 11) is 0. The number of aliphatic hydroxyl groups is 1. The Labute approximate surface area is 157 Å². The molecule has 1 fully saturated rings. The topological polar surface area (TPSA) is 71.5 Å². The van der Waals surface area contributed by atoms with Gasteiger partial charge in [-0.1, -0.05) is 16.8 Å². The summed E-state index contributed by atoms with van der Waals surface area (Å²) in [6.45, 7) is 5.80. The number of fused-ring (bicyclic) bond motifs is 1. The van der Waals surface area contributed by atoms with Crippen LogP contribution in [0.25, 0.3) is 5.65 Å². The zero-order chi connectivity index (χ0) is 18.1. The molecule has 138 valence electrons. The lowest BCUT2D eigenvalue weighted by Gasteiger charge is -2.32. The molecule has 1 atom stereocenters. The number of hydrogen-bond donors (Lipinski definition) is 1. The third-order valence-corrected chi connectivity index (χ3v) is 5.27. The average Bonchev–Trinajstić information content (AvgIpc) is 3.20. The van der Waals surface area contributed by atoms with E-state index in [1.54, 1.807) is 0 Å². The van der Waals surface area contributed by atoms with E-state index in [4.69, 9.17) is 16.7 Å². The van der Waals surface area contributed by atoms with Gasteiger partial charge in [-0.3, -0.25) is 9.58 Å². The molecule has 1 aliphatic rings. The van der Waals surface area contributed by atoms with Crippen LogP contribution in [0.3, 0.4) is 0 Å². The van der Waals surface area contributed by atoms with E-state index in [1.165, 1.54) is 18.5 Å². The number of aryl methyl sites for hydroxylation is 1. The van der Waals surface area contributed by atoms with Crippen molar-refractivity contribution in [2.75, 3.05) is 13.1 Å². The Morgan fingerprint density at radius 2 is 2.19 bits per heavy atom. The molecule has 1 unspecified atom stereocenters. The SMILES string of the molecule is Cc1nc2ccc(Cl)cn2c1CN1CCCC(Cn2cc(CO)nn2)C1. The van der Waals surface area contributed by atoms with Crippen molar-refractivity contribution >= 4 is 17.2 Å². The lowest BCUT2D eigenvalue weighted by Crippen LogP contribution is -2.37. The summed E-state index contributed by atoms with van der Waals surface area (Å²) in [6.07, 6.45) is 6.13. The summed E-state index contributed by atoms with van der Waals surface area (Å²) in [5, 5.41) is 17.9. The molecule has 8 heteroatoms. The molecular weight excluding hydrogens is 352 g/mol. The van der Waals surface area contributed by atoms with Crippen molar-refractivity contribution in [2.24, 2.45) is 5.92 Å². The second-order valence-electron chi connectivity index (χ2n) is 7.05. The summed E-state index contributed by atoms with van der Waals surface area (Å²) in [5.41, 5.74) is 3.82. The van der Waals surface area contributed by atoms with Crippen molar-refractivity contribution in [1.82, 2.24) is 29.3 Å². The van der Waals surface area contributed by atoms with Gasteiger partial charge in [0.1, 0.15) is 11.3 Å². The summed E-state index contributed by atoms with van der Waals surface area (Å²) in [4.78, 5) is 7.13. The minimum atomic E-state index is -0.0626. The van der Waals surface area contributed by atoms with E-state index in [0.717, 1.165) is 42.5 Å². The van der Waals surface area contributed by atoms with Gasteiger partial charge in [0.05, 0.1) is 29.2 Å². The first-order valence-corrected chi connectivity index (χ1v) is 9.35. The highest BCUT2D eigenvalue weighted by Gasteiger charge is 2.22. The van der Waals surface area contributed by atoms with E-state index in [0.29, 0.717) is 11.6 Å². The Morgan fingerprint density at radius 1 is 1.31 bits per heavy atom. The standard InChI is InChI=1S/C18H23ClN6O/c1-13-17(25-9-15(19)4-5-18(25)20-13)11-23-6-2-3-14(7-23)8-24-10-16(12-26)21-22-24/h4-5,9-10,14,26H,2-3,6-8,11-12H2,1H3. The largest absolute Gasteiger partial charge is 0.390 e. The fourth-order valence-electron chi connectivity index (χ4n) is 3.80. The molecule has 0 amide bonds. The van der Waals surface area contributed by atoms with Gasteiger partial charge in [-0.05, 0) is 44.4 Å². The van der Waals surface area contributed by atoms with E-state index in [-0.39, 0.29) is 6.61 Å². The van der Waals surface area contributed by atoms with Gasteiger partial charge in [0.2, 0.25) is 0 Å². The van der Waals surface area contributed by atoms with Crippen LogP contribution >= 0.6 is 11.6 Å². The van der Waals surface area contributed by atoms with Gasteiger partial charge in [-0.25, -0.2) is 4.98 Å². The number of halogens is 1. The van der Waals surface area contributed by atoms with E-state index in [9.17, 15) is 0 Å². The Morgan fingerprint density at radius 3 is 3.00 bits per heavy atom. The van der Waals surface area contributed by atoms with Gasteiger partial charge in [-0.15, -0.1) is 5.10 Å². The lowest BCUT2D eigenvalue weighted by atomic mass is 9.98. The highest BCUT2D eigenvalue weighted by Crippen LogP contribution is 2.23. The number of likely N-dealkylation sites (tertiary alicyclic amines) is 1. The smallest absolute Gasteiger partial charge is 0.137 e. The number of hydrogen-bond acceptors (Lipinski definition) is 5. The molecule has 0 aromatic carbocycles. The molecule has 4 rings (SSSR count). The maximum atomic E-state index is 9.13. The van der Waals surface area contributed by atoms with Gasteiger partial charge in [0.25, 0.3) is 0 Å². The van der Waals surface area contributed by atoms with Crippen LogP contribution in [0, 0.1) is 12.8 Å². The molecule has 0 bridgehead atoms. The van der Waals surface area contributed by atoms with Crippen molar-refractivity contribution in [3.63, 3.8) is 0 Å². The van der Waals surface area contributed by atoms with Gasteiger partial charge in [-0.2, -0.15) is 0 Å². The molecule has 7 nitrogen and oxygen atoms in total. The number of pyridine rings is 1. The molecule has 0 saturated carbocycles. The van der Waals surface area contributed by atoms with Crippen molar-refractivity contribution in [3.05, 3.63) is 46.6 Å². The maximum absolute atomic E-state index is 9.13. The van der Waals surface area contributed by atoms with E-state index in [2.05, 4.69) is 31.5 Å². The Bertz CT molecular complexity index is 904. The maximum Gasteiger partial charge on any atom is 0.137 e. The Kier molecular flexibility index (Phi) is 4.93. The number of rotatable bonds is 5. The number of piperidine rings is 1. The predicted octanol–water partition coefficient (Wildman–Crippen LogP) is 2.29. The van der Waals surface area contributed by atoms with Gasteiger partial charge >= 0.3 is 0 Å². The van der Waals surface area contributed by atoms with Crippen LogP contribution in [0.4, 0.5) is 0 Å². The highest BCUT2D eigenvalue weighted by molar-refractivity contribution is 6.30. The molecule has 0 aliphatic carbocycles. The third kappa shape index (κ3) is 3.60. The zero-order valence-corrected chi connectivity index (χ0v) is 15.6. The van der Waals surface area contributed by atoms with Crippen molar-refractivity contribution in [2.45, 2.75) is 39.5 Å². The molecule has 3 aromatic rings. The number of imidazole rings is 1. The summed E-state index contributed by atoms with van der Waals surface area (Å²) < 4.78 is 3.95. The van der Waals surface area contributed by atoms with Crippen molar-refractivity contribution < 1.29 is 5.11 Å². The van der Waals surface area contributed by atoms with Crippen LogP contribution in [-0.2, 0) is 19.7 Å². The van der Waals surface area contributed by atoms with Crippen LogP contribution in [0.1, 0.15) is 29.9 Å². The lowest BCUT2D eigenvalue weighted by molar-refractivity contribution is 0.151. The molecule has 26 heavy (non-hydrogen) atoms. The van der Waals surface area contributed by atoms with Gasteiger partial charge < -0.3 is 9.51 Å². The first-order valence-electron chi connectivity index (χ1n) is 8.97. The van der Waals surface area contributed by atoms with E-state index < -0.39 is 0 Å². The van der Waals surface area contributed by atoms with Crippen molar-refractivity contribution in [3.8, 4) is 0 Å². The number of aromatic nitrogens is 5. The minimum absolute atomic E-state index is 0.0626. The normalized spacial score (nSPS) is 18.7. The van der Waals surface area contributed by atoms with Gasteiger partial charge in [0.15, 0.2) is 0 Å². The first kappa shape index (κ1) is 17.5. The molecule has 1 saturated heterocycles. The highest BCUT2D eigenvalue weighted by atomic mass is 35.5. The summed E-state index contributed by atoms with van der Waals surface area (Å²) in [5.74, 6) is 0.528. The van der Waals surface area contributed by atoms with Crippen LogP contribution in [0.5, 0.6) is 0 Å². The van der Waals surface area contributed by atoms with Crippen LogP contribution < -0.4 is 0 Å². The molecule has 3 aromatic heterocycles. The van der Waals surface area contributed by atoms with Crippen LogP contribution in [0.2, 0.25) is 5.02 Å². The molecule has 4 heterocycles. The molecule has 0 radical (unpaired) electrons. The number of nitrogens with zero attached hydrogens (tertiary/aromatic N) is 6. The quantitative estimate of drug-likeness (QED) is 0.741. The van der Waals surface area contributed by atoms with E-state index in [1.807, 2.05) is 29.2 Å². The fraction of sp³-hybridized carbons (Fsp3) is 0.500. The Hall–Kier alpha value is -1.96. The van der Waals surface area contributed by atoms with Gasteiger partial charge in [0, 0.05) is 25.8 Å². The summed E-state index contributed by atoms with van der Waals surface area (Å²) in [6, 6.07) is 3.84. The predicted molar refractivity (Wildman–Crippen MR) is 98.9 cm³/mol. The molecular formula is C18H23ClN6O. The Balaban J connectivity index is 1.47. The average molecular weight is 375 g/mol. The van der Waals surface area contributed by atoms with Crippen LogP contribution in [-0.4, -0.2) is 47.5 Å². The van der Waals surface area contributed by atoms with Crippen molar-refractivity contribution in [1.29, 1.82) is 0 Å². The zero-order valence-electron chi connectivity index (χ0n) is 14.8. The second kappa shape index (κ2) is 7.34. The number of aliphatic hydroxyl groups excluding tert-OH is 1. The van der Waals surface area contributed by atoms with E-state index >= 15 is 0 Å². The minimum Gasteiger partial charge on any atom is -0.390 e. The third-order valence-electron chi connectivity index (χ3n) is 5.05. The summed E-state index contributed by atoms with van der Waals surface area (Å²) >= 11 is 6.17. The molecule has 0 spiro atoms. The first-order chi connectivity index (χ1) is 12.6. The molecule has 1 aliphatic heterocycles. The fourth-order valence-corrected chi connectivity index (χ4v) is 3.96. The molecule has 1 N–H and O–H groups in total. The van der Waals surface area contributed by atoms with Crippen LogP contribution in [0.15, 0.2) is 24.5 Å². The monoisotopic (exact) mass is 374 g/mol. The second-order valence-corrected chi connectivity index (χ2v) is 7.49.